The maximum Gasteiger partial charge on any atom is 0.234 e. The van der Waals surface area contributed by atoms with Crippen molar-refractivity contribution in [2.45, 2.75) is 20.3 Å². The van der Waals surface area contributed by atoms with Crippen molar-refractivity contribution in [2.75, 3.05) is 23.6 Å². The second kappa shape index (κ2) is 6.02. The Morgan fingerprint density at radius 1 is 1.41 bits per heavy atom. The maximum absolute atomic E-state index is 11.8. The second-order valence-corrected chi connectivity index (χ2v) is 5.63. The van der Waals surface area contributed by atoms with Crippen LogP contribution in [0.4, 0.5) is 5.69 Å². The molecule has 0 spiro atoms. The molecule has 0 aliphatic carbocycles. The van der Waals surface area contributed by atoms with E-state index in [1.54, 1.807) is 17.9 Å². The molecule has 17 heavy (non-hydrogen) atoms. The van der Waals surface area contributed by atoms with Crippen molar-refractivity contribution < 1.29 is 8.42 Å². The minimum Gasteiger partial charge on any atom is -0.316 e. The van der Waals surface area contributed by atoms with Crippen LogP contribution in [0.5, 0.6) is 0 Å². The lowest BCUT2D eigenvalue weighted by atomic mass is 10.3. The highest BCUT2D eigenvalue weighted by Gasteiger charge is 2.14. The van der Waals surface area contributed by atoms with Gasteiger partial charge >= 0.3 is 0 Å². The Hall–Kier alpha value is -1.08. The highest BCUT2D eigenvalue weighted by atomic mass is 32.2. The Morgan fingerprint density at radius 3 is 2.71 bits per heavy atom. The number of aryl methyl sites for hydroxylation is 2. The fourth-order valence-electron chi connectivity index (χ4n) is 1.48. The molecule has 7 heteroatoms. The van der Waals surface area contributed by atoms with Crippen molar-refractivity contribution >= 4 is 15.7 Å². The summed E-state index contributed by atoms with van der Waals surface area (Å²) in [5.74, 6) is 0.0683. The van der Waals surface area contributed by atoms with E-state index in [0.29, 0.717) is 18.7 Å². The van der Waals surface area contributed by atoms with E-state index in [4.69, 9.17) is 0 Å². The zero-order valence-electron chi connectivity index (χ0n) is 10.5. The van der Waals surface area contributed by atoms with Crippen molar-refractivity contribution in [3.05, 3.63) is 11.9 Å². The third-order valence-electron chi connectivity index (χ3n) is 2.30. The molecule has 0 saturated carbocycles. The quantitative estimate of drug-likeness (QED) is 0.693. The summed E-state index contributed by atoms with van der Waals surface area (Å²) in [6.45, 7) is 5.10. The van der Waals surface area contributed by atoms with E-state index in [1.165, 1.54) is 0 Å². The summed E-state index contributed by atoms with van der Waals surface area (Å²) >= 11 is 0. The van der Waals surface area contributed by atoms with E-state index < -0.39 is 10.0 Å². The van der Waals surface area contributed by atoms with E-state index in [2.05, 4.69) is 15.1 Å². The Kier molecular flexibility index (Phi) is 4.95. The van der Waals surface area contributed by atoms with E-state index in [1.807, 2.05) is 13.8 Å². The molecule has 0 amide bonds. The third-order valence-corrected chi connectivity index (χ3v) is 3.58. The monoisotopic (exact) mass is 260 g/mol. The number of nitrogens with zero attached hydrogens (tertiary/aromatic N) is 2. The summed E-state index contributed by atoms with van der Waals surface area (Å²) in [5, 5.41) is 7.17. The second-order valence-electron chi connectivity index (χ2n) is 3.79. The summed E-state index contributed by atoms with van der Waals surface area (Å²) in [5.41, 5.74) is 1.34. The summed E-state index contributed by atoms with van der Waals surface area (Å²) < 4.78 is 27.7. The van der Waals surface area contributed by atoms with Crippen LogP contribution < -0.4 is 10.0 Å². The van der Waals surface area contributed by atoms with Crippen molar-refractivity contribution in [1.29, 1.82) is 0 Å². The molecule has 2 N–H and O–H groups in total. The van der Waals surface area contributed by atoms with Crippen LogP contribution in [-0.2, 0) is 23.5 Å². The van der Waals surface area contributed by atoms with Crippen molar-refractivity contribution in [3.8, 4) is 0 Å². The Bertz CT molecular complexity index is 453. The fraction of sp³-hybridized carbons (Fsp3) is 0.700. The highest BCUT2D eigenvalue weighted by molar-refractivity contribution is 7.92. The largest absolute Gasteiger partial charge is 0.316 e. The Labute approximate surface area is 102 Å². The van der Waals surface area contributed by atoms with Gasteiger partial charge in [0.25, 0.3) is 0 Å². The summed E-state index contributed by atoms with van der Waals surface area (Å²) in [7, 11) is -1.52. The third kappa shape index (κ3) is 4.35. The van der Waals surface area contributed by atoms with Gasteiger partial charge in [-0.3, -0.25) is 9.40 Å². The van der Waals surface area contributed by atoms with Crippen LogP contribution in [0.1, 0.15) is 19.5 Å². The molecule has 0 fully saturated rings. The lowest BCUT2D eigenvalue weighted by Gasteiger charge is -2.07. The van der Waals surface area contributed by atoms with Gasteiger partial charge in [0.2, 0.25) is 10.0 Å². The number of hydrogen-bond donors (Lipinski definition) is 2. The molecule has 0 bridgehead atoms. The average Bonchev–Trinajstić information content (AvgIpc) is 2.58. The van der Waals surface area contributed by atoms with Crippen LogP contribution in [0.15, 0.2) is 6.20 Å². The molecule has 1 aromatic heterocycles. The molecule has 0 unspecified atom stereocenters. The van der Waals surface area contributed by atoms with E-state index in [-0.39, 0.29) is 5.75 Å². The number of anilines is 1. The molecular weight excluding hydrogens is 240 g/mol. The molecule has 1 aromatic rings. The number of hydrogen-bond acceptors (Lipinski definition) is 4. The SMILES string of the molecule is CCNCCS(=O)(=O)Nc1cn(C)nc1CC. The first-order chi connectivity index (χ1) is 7.98. The maximum atomic E-state index is 11.8. The van der Waals surface area contributed by atoms with Gasteiger partial charge < -0.3 is 5.32 Å². The van der Waals surface area contributed by atoms with Gasteiger partial charge in [-0.1, -0.05) is 13.8 Å². The molecule has 98 valence electrons. The van der Waals surface area contributed by atoms with Gasteiger partial charge in [-0.25, -0.2) is 8.42 Å². The molecule has 0 aliphatic heterocycles. The summed E-state index contributed by atoms with van der Waals surface area (Å²) in [4.78, 5) is 0. The molecular formula is C10H20N4O2S. The van der Waals surface area contributed by atoms with E-state index >= 15 is 0 Å². The normalized spacial score (nSPS) is 11.7. The molecule has 6 nitrogen and oxygen atoms in total. The van der Waals surface area contributed by atoms with E-state index in [9.17, 15) is 8.42 Å². The van der Waals surface area contributed by atoms with Crippen LogP contribution in [0.2, 0.25) is 0 Å². The summed E-state index contributed by atoms with van der Waals surface area (Å²) in [6, 6.07) is 0. The zero-order valence-corrected chi connectivity index (χ0v) is 11.3. The molecule has 1 heterocycles. The standard InChI is InChI=1S/C10H20N4O2S/c1-4-9-10(8-14(3)12-9)13-17(15,16)7-6-11-5-2/h8,11,13H,4-7H2,1-3H3. The van der Waals surface area contributed by atoms with Gasteiger partial charge in [0.05, 0.1) is 17.1 Å². The number of sulfonamides is 1. The van der Waals surface area contributed by atoms with Crippen LogP contribution in [0.25, 0.3) is 0 Å². The van der Waals surface area contributed by atoms with Gasteiger partial charge in [0, 0.05) is 19.8 Å². The minimum absolute atomic E-state index is 0.0683. The molecule has 0 atom stereocenters. The van der Waals surface area contributed by atoms with Crippen molar-refractivity contribution in [3.63, 3.8) is 0 Å². The van der Waals surface area contributed by atoms with Crippen molar-refractivity contribution in [2.24, 2.45) is 7.05 Å². The smallest absolute Gasteiger partial charge is 0.234 e. The van der Waals surface area contributed by atoms with Crippen LogP contribution in [-0.4, -0.2) is 37.0 Å². The number of nitrogens with one attached hydrogen (secondary N) is 2. The predicted molar refractivity (Wildman–Crippen MR) is 68.5 cm³/mol. The lowest BCUT2D eigenvalue weighted by molar-refractivity contribution is 0.597. The van der Waals surface area contributed by atoms with E-state index in [0.717, 1.165) is 12.2 Å². The van der Waals surface area contributed by atoms with Gasteiger partial charge in [0.15, 0.2) is 0 Å². The van der Waals surface area contributed by atoms with Gasteiger partial charge in [-0.2, -0.15) is 5.10 Å². The molecule has 0 saturated heterocycles. The van der Waals surface area contributed by atoms with Gasteiger partial charge in [-0.15, -0.1) is 0 Å². The zero-order chi connectivity index (χ0) is 12.9. The molecule has 0 radical (unpaired) electrons. The van der Waals surface area contributed by atoms with Crippen LogP contribution in [0.3, 0.4) is 0 Å². The van der Waals surface area contributed by atoms with Crippen molar-refractivity contribution in [1.82, 2.24) is 15.1 Å². The Balaban J connectivity index is 2.69. The summed E-state index contributed by atoms with van der Waals surface area (Å²) in [6.07, 6.45) is 2.38. The Morgan fingerprint density at radius 2 is 2.12 bits per heavy atom. The first kappa shape index (κ1) is 14.0. The highest BCUT2D eigenvalue weighted by Crippen LogP contribution is 2.15. The number of aromatic nitrogens is 2. The van der Waals surface area contributed by atoms with Gasteiger partial charge in [0.1, 0.15) is 0 Å². The minimum atomic E-state index is -3.29. The predicted octanol–water partition coefficient (Wildman–Crippen LogP) is 0.334. The molecule has 0 aliphatic rings. The van der Waals surface area contributed by atoms with Gasteiger partial charge in [-0.05, 0) is 13.0 Å². The topological polar surface area (TPSA) is 76.0 Å². The van der Waals surface area contributed by atoms with Crippen LogP contribution in [0, 0.1) is 0 Å². The first-order valence-corrected chi connectivity index (χ1v) is 7.37. The average molecular weight is 260 g/mol. The first-order valence-electron chi connectivity index (χ1n) is 5.72. The molecule has 0 aromatic carbocycles. The fourth-order valence-corrected chi connectivity index (χ4v) is 2.50. The lowest BCUT2D eigenvalue weighted by Crippen LogP contribution is -2.26. The van der Waals surface area contributed by atoms with Crippen LogP contribution >= 0.6 is 0 Å². The number of rotatable bonds is 7. The molecule has 1 rings (SSSR count).